The molecule has 0 saturated carbocycles. The summed E-state index contributed by atoms with van der Waals surface area (Å²) < 4.78 is 63.6. The highest BCUT2D eigenvalue weighted by molar-refractivity contribution is 5.77. The van der Waals surface area contributed by atoms with Crippen LogP contribution in [0.1, 0.15) is 33.6 Å². The SMILES string of the molecule is CC(=O)N[C@H]1[C@H](O[C@H]2[C@@H](O)[C@@H](CO)O[C@@H](O[C@@H]3[C@@H](O)[C@H](O)O[C@H](CO)[C@H]3O)[C@@H]2O)O[C@H](CO)[C@H](O[C@@H]2O[C@H](CO)[C@H](O)[C@H](O[C@]3(C(=O)O)C[C@H](O)[C@@H](NC(C)=O)[C@H]([C@H](O)[C@H](O)CO)O3)[C@H]2O)[C@@H]1O[C@]1(C(=O)O)C[C@H](O)[C@@H](NC(C)=O)[C@H]([C@H](O)[C@H](O)CO)O1. The first-order valence-corrected chi connectivity index (χ1v) is 27.4. The van der Waals surface area contributed by atoms with E-state index in [1.54, 1.807) is 0 Å². The molecular weight excluding hydrogens is 1210 g/mol. The monoisotopic (exact) mass is 1290 g/mol. The molecule has 0 aromatic heterocycles. The zero-order chi connectivity index (χ0) is 65.8. The summed E-state index contributed by atoms with van der Waals surface area (Å²) in [5, 5.41) is 235. The van der Waals surface area contributed by atoms with Crippen LogP contribution in [0.5, 0.6) is 0 Å². The number of aliphatic hydroxyl groups is 19. The Labute approximate surface area is 496 Å². The van der Waals surface area contributed by atoms with Gasteiger partial charge in [0.15, 0.2) is 25.2 Å². The van der Waals surface area contributed by atoms with E-state index in [-0.39, 0.29) is 0 Å². The number of aliphatic hydroxyl groups excluding tert-OH is 19. The van der Waals surface area contributed by atoms with Crippen LogP contribution in [0.15, 0.2) is 0 Å². The molecule has 32 atom stereocenters. The Hall–Kier alpha value is -3.85. The second-order valence-corrected chi connectivity index (χ2v) is 21.8. The fourth-order valence-electron chi connectivity index (χ4n) is 11.1. The number of carboxylic acids is 2. The normalized spacial score (nSPS) is 44.6. The van der Waals surface area contributed by atoms with Gasteiger partial charge in [-0.2, -0.15) is 0 Å². The quantitative estimate of drug-likeness (QED) is 0.0404. The summed E-state index contributed by atoms with van der Waals surface area (Å²) in [5.74, 6) is -14.3. The van der Waals surface area contributed by atoms with Crippen LogP contribution in [0.25, 0.3) is 0 Å². The minimum Gasteiger partial charge on any atom is -0.477 e. The highest BCUT2D eigenvalue weighted by Gasteiger charge is 2.64. The molecule has 40 heteroatoms. The Kier molecular flexibility index (Phi) is 25.6. The maximum absolute atomic E-state index is 13.8. The van der Waals surface area contributed by atoms with Gasteiger partial charge in [0.05, 0.1) is 63.9 Å². The van der Waals surface area contributed by atoms with Crippen LogP contribution in [0.3, 0.4) is 0 Å². The average Bonchev–Trinajstić information content (AvgIpc) is 0.944. The predicted octanol–water partition coefficient (Wildman–Crippen LogP) is -15.3. The molecule has 0 aliphatic carbocycles. The summed E-state index contributed by atoms with van der Waals surface area (Å²) in [6.45, 7) is -4.61. The topological polar surface area (TPSA) is 648 Å². The maximum atomic E-state index is 13.8. The van der Waals surface area contributed by atoms with Gasteiger partial charge in [0, 0.05) is 33.6 Å². The fraction of sp³-hybridized carbons (Fsp3) is 0.896. The Morgan fingerprint density at radius 2 is 0.784 bits per heavy atom. The molecule has 6 saturated heterocycles. The van der Waals surface area contributed by atoms with Crippen molar-refractivity contribution in [3.05, 3.63) is 0 Å². The standard InChI is InChI=1S/C48H79N3O37/c1-12(58)49-23-15(61)4-47(45(74)75,85-35(23)26(65)17(63)6-52)87-37-25(51-14(3)60)42(83-39-29(68)20(9-55)79-43(32(39)71)84-38-28(67)19(8-54)78-41(73)31(38)70)81-22(11-57)34(37)82-44-33(72)40(30(69)21(10-56)80-44)88-48(46(76)77)5-16(62)24(50-13(2)59)36(86-48)27(66)18(64)7-53/h15-44,52-57,61-73H,4-11H2,1-3H3,(H,49,58)(H,50,59)(H,51,60)(H,74,75)(H,76,77)/t15-,16-,17+,18+,19+,20+,21+,22+,23+,24+,25+,26+,27+,28+,29-,30-,31+,32+,33+,34-,35+,36+,37+,38-,39-,40-,41+,42-,43-,44-,47-,48-/m0/s1. The van der Waals surface area contributed by atoms with Crippen molar-refractivity contribution in [2.75, 3.05) is 39.6 Å². The summed E-state index contributed by atoms with van der Waals surface area (Å²) in [4.78, 5) is 65.1. The number of carbonyl (C=O) groups is 5. The Bertz CT molecular complexity index is 2320. The average molecular weight is 1290 g/mol. The molecule has 0 aromatic carbocycles. The molecule has 88 heavy (non-hydrogen) atoms. The van der Waals surface area contributed by atoms with E-state index in [2.05, 4.69) is 16.0 Å². The van der Waals surface area contributed by atoms with Crippen LogP contribution in [-0.4, -0.2) is 372 Å². The second kappa shape index (κ2) is 30.7. The first-order chi connectivity index (χ1) is 41.3. The molecule has 40 nitrogen and oxygen atoms in total. The van der Waals surface area contributed by atoms with Crippen LogP contribution in [-0.2, 0) is 76.1 Å². The van der Waals surface area contributed by atoms with E-state index in [0.29, 0.717) is 0 Å². The molecule has 508 valence electrons. The van der Waals surface area contributed by atoms with Crippen molar-refractivity contribution >= 4 is 29.7 Å². The van der Waals surface area contributed by atoms with Crippen LogP contribution < -0.4 is 16.0 Å². The van der Waals surface area contributed by atoms with E-state index < -0.39 is 277 Å². The van der Waals surface area contributed by atoms with Crippen molar-refractivity contribution in [1.29, 1.82) is 0 Å². The predicted molar refractivity (Wildman–Crippen MR) is 268 cm³/mol. The molecule has 0 aromatic rings. The largest absolute Gasteiger partial charge is 0.477 e. The van der Waals surface area contributed by atoms with E-state index in [0.717, 1.165) is 20.8 Å². The van der Waals surface area contributed by atoms with E-state index in [1.807, 2.05) is 0 Å². The zero-order valence-electron chi connectivity index (χ0n) is 46.9. The van der Waals surface area contributed by atoms with Crippen molar-refractivity contribution in [3.63, 3.8) is 0 Å². The number of aliphatic carboxylic acids is 2. The molecule has 6 aliphatic rings. The number of amides is 3. The van der Waals surface area contributed by atoms with Crippen molar-refractivity contribution in [2.24, 2.45) is 0 Å². The first kappa shape index (κ1) is 73.2. The number of nitrogens with one attached hydrogen (secondary N) is 3. The number of ether oxygens (including phenoxy) is 11. The van der Waals surface area contributed by atoms with Gasteiger partial charge in [-0.25, -0.2) is 9.59 Å². The molecule has 3 amide bonds. The van der Waals surface area contributed by atoms with Crippen molar-refractivity contribution in [2.45, 2.75) is 229 Å². The first-order valence-electron chi connectivity index (χ1n) is 27.4. The van der Waals surface area contributed by atoms with Crippen LogP contribution >= 0.6 is 0 Å². The minimum atomic E-state index is -3.50. The summed E-state index contributed by atoms with van der Waals surface area (Å²) in [6.07, 6.45) is -63.3. The molecule has 6 aliphatic heterocycles. The number of hydrogen-bond acceptors (Lipinski definition) is 35. The van der Waals surface area contributed by atoms with Crippen LogP contribution in [0, 0.1) is 0 Å². The molecule has 0 bridgehead atoms. The van der Waals surface area contributed by atoms with Gasteiger partial charge >= 0.3 is 11.9 Å². The Morgan fingerprint density at radius 1 is 0.443 bits per heavy atom. The smallest absolute Gasteiger partial charge is 0.364 e. The van der Waals surface area contributed by atoms with E-state index in [9.17, 15) is 131 Å². The van der Waals surface area contributed by atoms with Crippen LogP contribution in [0.2, 0.25) is 0 Å². The third-order valence-electron chi connectivity index (χ3n) is 15.6. The lowest BCUT2D eigenvalue weighted by atomic mass is 9.87. The molecule has 6 heterocycles. The van der Waals surface area contributed by atoms with Gasteiger partial charge in [-0.3, -0.25) is 14.4 Å². The van der Waals surface area contributed by atoms with Gasteiger partial charge < -0.3 is 175 Å². The summed E-state index contributed by atoms with van der Waals surface area (Å²) >= 11 is 0. The highest BCUT2D eigenvalue weighted by Crippen LogP contribution is 2.43. The Morgan fingerprint density at radius 3 is 1.18 bits per heavy atom. The lowest BCUT2D eigenvalue weighted by Crippen LogP contribution is -2.73. The fourth-order valence-corrected chi connectivity index (χ4v) is 11.1. The lowest BCUT2D eigenvalue weighted by molar-refractivity contribution is -0.403. The number of carboxylic acid groups (broad SMARTS) is 2. The molecule has 6 fully saturated rings. The van der Waals surface area contributed by atoms with Crippen molar-refractivity contribution < 1.29 is 183 Å². The molecule has 0 unspecified atom stereocenters. The number of hydrogen-bond donors (Lipinski definition) is 24. The zero-order valence-corrected chi connectivity index (χ0v) is 46.9. The molecular formula is C48H79N3O37. The van der Waals surface area contributed by atoms with Crippen molar-refractivity contribution in [3.8, 4) is 0 Å². The second-order valence-electron chi connectivity index (χ2n) is 21.8. The molecule has 6 rings (SSSR count). The molecule has 24 N–H and O–H groups in total. The third kappa shape index (κ3) is 15.6. The van der Waals surface area contributed by atoms with Crippen molar-refractivity contribution in [1.82, 2.24) is 16.0 Å². The number of carbonyl (C=O) groups excluding carboxylic acids is 3. The molecule has 0 spiro atoms. The highest BCUT2D eigenvalue weighted by atomic mass is 16.8. The number of rotatable bonds is 25. The third-order valence-corrected chi connectivity index (χ3v) is 15.6. The van der Waals surface area contributed by atoms with E-state index in [1.165, 1.54) is 0 Å². The molecule has 0 radical (unpaired) electrons. The summed E-state index contributed by atoms with van der Waals surface area (Å²) in [6, 6.07) is -5.92. The minimum absolute atomic E-state index is 0.817. The van der Waals surface area contributed by atoms with Gasteiger partial charge in [-0.05, 0) is 0 Å². The van der Waals surface area contributed by atoms with Gasteiger partial charge in [0.2, 0.25) is 17.7 Å². The van der Waals surface area contributed by atoms with Gasteiger partial charge in [-0.1, -0.05) is 0 Å². The summed E-state index contributed by atoms with van der Waals surface area (Å²) in [5.41, 5.74) is 0. The maximum Gasteiger partial charge on any atom is 0.364 e. The van der Waals surface area contributed by atoms with E-state index in [4.69, 9.17) is 52.1 Å². The van der Waals surface area contributed by atoms with Crippen LogP contribution in [0.4, 0.5) is 0 Å². The van der Waals surface area contributed by atoms with Gasteiger partial charge in [0.1, 0.15) is 134 Å². The van der Waals surface area contributed by atoms with E-state index >= 15 is 0 Å². The van der Waals surface area contributed by atoms with Gasteiger partial charge in [-0.15, -0.1) is 0 Å². The summed E-state index contributed by atoms with van der Waals surface area (Å²) in [7, 11) is 0. The Balaban J connectivity index is 1.47. The van der Waals surface area contributed by atoms with Gasteiger partial charge in [0.25, 0.3) is 11.6 Å². The lowest BCUT2D eigenvalue weighted by Gasteiger charge is -2.53.